The molecule has 2 aromatic carbocycles. The van der Waals surface area contributed by atoms with Gasteiger partial charge in [-0.2, -0.15) is 5.10 Å². The second kappa shape index (κ2) is 10.8. The van der Waals surface area contributed by atoms with Gasteiger partial charge in [0.05, 0.1) is 6.26 Å². The Balaban J connectivity index is 1.62. The Labute approximate surface area is 211 Å². The molecule has 0 aliphatic carbocycles. The summed E-state index contributed by atoms with van der Waals surface area (Å²) in [5.74, 6) is 0.232. The third-order valence-corrected chi connectivity index (χ3v) is 8.37. The van der Waals surface area contributed by atoms with E-state index in [0.717, 1.165) is 29.5 Å². The van der Waals surface area contributed by atoms with Gasteiger partial charge in [0.1, 0.15) is 11.4 Å². The highest BCUT2D eigenvalue weighted by Crippen LogP contribution is 2.34. The van der Waals surface area contributed by atoms with Crippen LogP contribution in [0.5, 0.6) is 0 Å². The molecule has 3 aromatic rings. The Bertz CT molecular complexity index is 1410. The summed E-state index contributed by atoms with van der Waals surface area (Å²) < 4.78 is 26.5. The first-order valence-corrected chi connectivity index (χ1v) is 13.9. The van der Waals surface area contributed by atoms with Gasteiger partial charge in [0.25, 0.3) is 5.56 Å². The molecule has 190 valence electrons. The maximum atomic E-state index is 11.8. The first-order valence-electron chi connectivity index (χ1n) is 12.0. The largest absolute Gasteiger partial charge is 0.411 e. The molecule has 2 heterocycles. The molecule has 1 atom stereocenters. The number of aryl methyl sites for hydroxylation is 2. The fourth-order valence-corrected chi connectivity index (χ4v) is 5.83. The van der Waals surface area contributed by atoms with E-state index in [1.54, 1.807) is 17.4 Å². The van der Waals surface area contributed by atoms with Crippen LogP contribution >= 0.6 is 0 Å². The number of sulfonamides is 1. The second-order valence-electron chi connectivity index (χ2n) is 9.44. The molecule has 36 heavy (non-hydrogen) atoms. The number of oxime groups is 1. The molecule has 1 saturated heterocycles. The Morgan fingerprint density at radius 1 is 1.08 bits per heavy atom. The van der Waals surface area contributed by atoms with Crippen molar-refractivity contribution in [1.82, 2.24) is 14.1 Å². The highest BCUT2D eigenvalue weighted by molar-refractivity contribution is 7.88. The molecule has 0 spiro atoms. The van der Waals surface area contributed by atoms with Crippen molar-refractivity contribution in [3.05, 3.63) is 99.0 Å². The third kappa shape index (κ3) is 5.74. The Hall–Kier alpha value is -3.30. The molecule has 1 aliphatic rings. The summed E-state index contributed by atoms with van der Waals surface area (Å²) in [6.07, 6.45) is 3.27. The van der Waals surface area contributed by atoms with Gasteiger partial charge >= 0.3 is 0 Å². The normalized spacial score (nSPS) is 16.7. The van der Waals surface area contributed by atoms with Crippen LogP contribution in [0.4, 0.5) is 0 Å². The van der Waals surface area contributed by atoms with Crippen LogP contribution in [0.25, 0.3) is 0 Å². The quantitative estimate of drug-likeness (QED) is 0.298. The number of rotatable bonds is 7. The van der Waals surface area contributed by atoms with Crippen LogP contribution in [-0.4, -0.2) is 52.8 Å². The number of aromatic nitrogens is 2. The van der Waals surface area contributed by atoms with E-state index in [4.69, 9.17) is 0 Å². The van der Waals surface area contributed by atoms with E-state index >= 15 is 0 Å². The number of nitrogens with zero attached hydrogens (tertiary/aromatic N) is 4. The van der Waals surface area contributed by atoms with Crippen molar-refractivity contribution < 1.29 is 13.6 Å². The Morgan fingerprint density at radius 3 is 2.33 bits per heavy atom. The number of hydrogen-bond acceptors (Lipinski definition) is 6. The standard InChI is InChI=1S/C27H32N4O4S/c1-19-6-4-5-7-23(19)24(18-26(29-33)25-12-13-27(32)30(2)28-25)22-10-8-20(9-11-22)21-14-16-31(17-15-21)36(3,34)35/h4-13,21,24,33H,14-18H2,1-3H3/b29-26-. The van der Waals surface area contributed by atoms with Crippen molar-refractivity contribution in [2.24, 2.45) is 12.2 Å². The highest BCUT2D eigenvalue weighted by Gasteiger charge is 2.26. The van der Waals surface area contributed by atoms with Crippen LogP contribution in [0.1, 0.15) is 59.0 Å². The second-order valence-corrected chi connectivity index (χ2v) is 11.4. The van der Waals surface area contributed by atoms with Gasteiger partial charge < -0.3 is 5.21 Å². The lowest BCUT2D eigenvalue weighted by atomic mass is 9.82. The molecular formula is C27H32N4O4S. The van der Waals surface area contributed by atoms with E-state index in [1.807, 2.05) is 12.1 Å². The lowest BCUT2D eigenvalue weighted by Gasteiger charge is -2.30. The van der Waals surface area contributed by atoms with Gasteiger partial charge in [-0.25, -0.2) is 17.4 Å². The van der Waals surface area contributed by atoms with Crippen LogP contribution in [0, 0.1) is 6.92 Å². The Kier molecular flexibility index (Phi) is 7.70. The summed E-state index contributed by atoms with van der Waals surface area (Å²) in [7, 11) is -1.58. The fourth-order valence-electron chi connectivity index (χ4n) is 4.95. The molecule has 8 nitrogen and oxygen atoms in total. The van der Waals surface area contributed by atoms with Crippen molar-refractivity contribution in [3.8, 4) is 0 Å². The van der Waals surface area contributed by atoms with Gasteiger partial charge in [0.2, 0.25) is 10.0 Å². The minimum Gasteiger partial charge on any atom is -0.411 e. The lowest BCUT2D eigenvalue weighted by molar-refractivity contribution is 0.317. The molecule has 9 heteroatoms. The first kappa shape index (κ1) is 25.8. The van der Waals surface area contributed by atoms with E-state index in [9.17, 15) is 18.4 Å². The minimum absolute atomic E-state index is 0.0859. The predicted octanol–water partition coefficient (Wildman–Crippen LogP) is 3.63. The van der Waals surface area contributed by atoms with Crippen molar-refractivity contribution in [3.63, 3.8) is 0 Å². The van der Waals surface area contributed by atoms with Gasteiger partial charge in [-0.1, -0.05) is 53.7 Å². The van der Waals surface area contributed by atoms with Gasteiger partial charge in [-0.15, -0.1) is 0 Å². The molecular weight excluding hydrogens is 476 g/mol. The summed E-state index contributed by atoms with van der Waals surface area (Å²) in [6, 6.07) is 19.6. The van der Waals surface area contributed by atoms with Gasteiger partial charge in [-0.3, -0.25) is 4.79 Å². The summed E-state index contributed by atoms with van der Waals surface area (Å²) in [5, 5.41) is 17.7. The molecule has 0 bridgehead atoms. The first-order chi connectivity index (χ1) is 17.2. The van der Waals surface area contributed by atoms with Crippen LogP contribution in [-0.2, 0) is 17.1 Å². The molecule has 0 saturated carbocycles. The summed E-state index contributed by atoms with van der Waals surface area (Å²) in [5.41, 5.74) is 5.15. The maximum absolute atomic E-state index is 11.8. The van der Waals surface area contributed by atoms with Gasteiger partial charge in [-0.05, 0) is 54.0 Å². The monoisotopic (exact) mass is 508 g/mol. The van der Waals surface area contributed by atoms with Crippen molar-refractivity contribution in [2.75, 3.05) is 19.3 Å². The topological polar surface area (TPSA) is 105 Å². The average Bonchev–Trinajstić information content (AvgIpc) is 2.87. The molecule has 1 N–H and O–H groups in total. The number of hydrogen-bond donors (Lipinski definition) is 1. The number of benzene rings is 2. The smallest absolute Gasteiger partial charge is 0.266 e. The van der Waals surface area contributed by atoms with Crippen LogP contribution < -0.4 is 5.56 Å². The molecule has 1 unspecified atom stereocenters. The van der Waals surface area contributed by atoms with Gasteiger partial charge in [0.15, 0.2) is 0 Å². The third-order valence-electron chi connectivity index (χ3n) is 7.07. The zero-order valence-electron chi connectivity index (χ0n) is 20.8. The fraction of sp³-hybridized carbons (Fsp3) is 0.370. The predicted molar refractivity (Wildman–Crippen MR) is 140 cm³/mol. The molecule has 1 aliphatic heterocycles. The molecule has 0 amide bonds. The molecule has 1 aromatic heterocycles. The highest BCUT2D eigenvalue weighted by atomic mass is 32.2. The van der Waals surface area contributed by atoms with Crippen LogP contribution in [0.15, 0.2) is 70.6 Å². The average molecular weight is 509 g/mol. The zero-order valence-corrected chi connectivity index (χ0v) is 21.6. The SMILES string of the molecule is Cc1ccccc1C(C/C(=N/O)c1ccc(=O)n(C)n1)c1ccc(C2CCN(S(C)(=O)=O)CC2)cc1. The molecule has 0 radical (unpaired) electrons. The lowest BCUT2D eigenvalue weighted by Crippen LogP contribution is -2.37. The Morgan fingerprint density at radius 2 is 1.75 bits per heavy atom. The van der Waals surface area contributed by atoms with Crippen LogP contribution in [0.2, 0.25) is 0 Å². The molecule has 1 fully saturated rings. The zero-order chi connectivity index (χ0) is 25.9. The van der Waals surface area contributed by atoms with E-state index in [2.05, 4.69) is 53.6 Å². The molecule has 4 rings (SSSR count). The van der Waals surface area contributed by atoms with Crippen molar-refractivity contribution in [1.29, 1.82) is 0 Å². The van der Waals surface area contributed by atoms with Crippen molar-refractivity contribution in [2.45, 2.75) is 38.0 Å². The van der Waals surface area contributed by atoms with E-state index in [-0.39, 0.29) is 11.5 Å². The number of piperidine rings is 1. The van der Waals surface area contributed by atoms with Crippen LogP contribution in [0.3, 0.4) is 0 Å². The summed E-state index contributed by atoms with van der Waals surface area (Å²) in [6.45, 7) is 3.15. The minimum atomic E-state index is -3.15. The maximum Gasteiger partial charge on any atom is 0.266 e. The van der Waals surface area contributed by atoms with Crippen molar-refractivity contribution >= 4 is 15.7 Å². The summed E-state index contributed by atoms with van der Waals surface area (Å²) >= 11 is 0. The summed E-state index contributed by atoms with van der Waals surface area (Å²) in [4.78, 5) is 11.8. The van der Waals surface area contributed by atoms with E-state index in [0.29, 0.717) is 36.8 Å². The van der Waals surface area contributed by atoms with E-state index in [1.165, 1.54) is 22.6 Å². The van der Waals surface area contributed by atoms with E-state index < -0.39 is 10.0 Å². The van der Waals surface area contributed by atoms with Gasteiger partial charge in [0, 0.05) is 38.5 Å².